The summed E-state index contributed by atoms with van der Waals surface area (Å²) in [6.07, 6.45) is -5.27. The van der Waals surface area contributed by atoms with Gasteiger partial charge in [0.1, 0.15) is 0 Å². The topological polar surface area (TPSA) is 17.1 Å². The molecule has 1 rings (SSSR count). The van der Waals surface area contributed by atoms with Gasteiger partial charge in [-0.3, -0.25) is 4.79 Å². The quantitative estimate of drug-likeness (QED) is 0.421. The van der Waals surface area contributed by atoms with Crippen LogP contribution in [0, 0.1) is 11.6 Å². The predicted octanol–water partition coefficient (Wildman–Crippen LogP) is 3.36. The second-order valence-electron chi connectivity index (χ2n) is 2.58. The van der Waals surface area contributed by atoms with E-state index in [1.54, 1.807) is 0 Å². The van der Waals surface area contributed by atoms with Gasteiger partial charge in [-0.25, -0.2) is 8.78 Å². The van der Waals surface area contributed by atoms with Gasteiger partial charge < -0.3 is 0 Å². The lowest BCUT2D eigenvalue weighted by atomic mass is 10.1. The smallest absolute Gasteiger partial charge is 0.284 e. The van der Waals surface area contributed by atoms with E-state index < -0.39 is 34.2 Å². The molecule has 0 heterocycles. The molecule has 0 aliphatic heterocycles. The molecule has 1 nitrogen and oxygen atoms in total. The average molecular weight is 245 g/mol. The van der Waals surface area contributed by atoms with Crippen LogP contribution in [0.1, 0.15) is 10.4 Å². The van der Waals surface area contributed by atoms with Crippen molar-refractivity contribution < 1.29 is 26.7 Å². The third-order valence-corrected chi connectivity index (χ3v) is 1.71. The van der Waals surface area contributed by atoms with E-state index in [4.69, 9.17) is 11.6 Å². The maximum atomic E-state index is 12.8. The van der Waals surface area contributed by atoms with Crippen molar-refractivity contribution in [2.24, 2.45) is 0 Å². The van der Waals surface area contributed by atoms with Gasteiger partial charge in [-0.05, 0) is 12.1 Å². The van der Waals surface area contributed by atoms with E-state index in [0.29, 0.717) is 12.1 Å². The summed E-state index contributed by atoms with van der Waals surface area (Å²) in [7, 11) is 0. The second-order valence-corrected chi connectivity index (χ2v) is 3.01. The van der Waals surface area contributed by atoms with Gasteiger partial charge >= 0.3 is 6.18 Å². The van der Waals surface area contributed by atoms with E-state index in [2.05, 4.69) is 0 Å². The van der Waals surface area contributed by atoms with Gasteiger partial charge in [0.2, 0.25) is 0 Å². The number of rotatable bonds is 1. The Bertz CT molecular complexity index is 412. The monoisotopic (exact) mass is 244 g/mol. The molecule has 0 unspecified atom stereocenters. The van der Waals surface area contributed by atoms with Gasteiger partial charge in [0.25, 0.3) is 5.78 Å². The van der Waals surface area contributed by atoms with Crippen molar-refractivity contribution in [3.8, 4) is 0 Å². The Hall–Kier alpha value is -1.17. The Kier molecular flexibility index (Phi) is 2.99. The highest BCUT2D eigenvalue weighted by Crippen LogP contribution is 2.26. The molecule has 0 fully saturated rings. The first-order valence-electron chi connectivity index (χ1n) is 3.49. The van der Waals surface area contributed by atoms with Crippen LogP contribution in [0.25, 0.3) is 0 Å². The highest BCUT2D eigenvalue weighted by molar-refractivity contribution is 6.31. The van der Waals surface area contributed by atoms with Crippen molar-refractivity contribution in [3.05, 3.63) is 34.4 Å². The van der Waals surface area contributed by atoms with E-state index >= 15 is 0 Å². The maximum Gasteiger partial charge on any atom is 0.454 e. The number of benzene rings is 1. The van der Waals surface area contributed by atoms with Crippen LogP contribution in [-0.4, -0.2) is 12.0 Å². The number of halogens is 6. The number of hydrogen-bond donors (Lipinski definition) is 0. The van der Waals surface area contributed by atoms with Crippen molar-refractivity contribution in [2.45, 2.75) is 6.18 Å². The van der Waals surface area contributed by atoms with E-state index in [9.17, 15) is 26.7 Å². The lowest BCUT2D eigenvalue weighted by Gasteiger charge is -2.06. The largest absolute Gasteiger partial charge is 0.454 e. The fourth-order valence-electron chi connectivity index (χ4n) is 0.874. The van der Waals surface area contributed by atoms with Crippen LogP contribution in [0.15, 0.2) is 12.1 Å². The summed E-state index contributed by atoms with van der Waals surface area (Å²) in [4.78, 5) is 10.6. The molecule has 1 aromatic carbocycles. The van der Waals surface area contributed by atoms with Crippen molar-refractivity contribution >= 4 is 17.4 Å². The van der Waals surface area contributed by atoms with Gasteiger partial charge in [0.05, 0.1) is 5.56 Å². The molecule has 0 bridgehead atoms. The van der Waals surface area contributed by atoms with Crippen molar-refractivity contribution in [1.29, 1.82) is 0 Å². The number of alkyl halides is 3. The molecule has 0 radical (unpaired) electrons. The minimum absolute atomic E-state index is 0.426. The molecule has 0 aromatic heterocycles. The Morgan fingerprint density at radius 1 is 1.20 bits per heavy atom. The lowest BCUT2D eigenvalue weighted by Crippen LogP contribution is -2.24. The van der Waals surface area contributed by atoms with Gasteiger partial charge in [-0.2, -0.15) is 13.2 Å². The number of carbonyl (C=O) groups excluding carboxylic acids is 1. The second kappa shape index (κ2) is 3.77. The molecule has 82 valence electrons. The SMILES string of the molecule is O=C(c1cc(Cl)cc(F)c1F)C(F)(F)F. The molecule has 7 heteroatoms. The summed E-state index contributed by atoms with van der Waals surface area (Å²) in [5, 5.41) is -0.485. The third kappa shape index (κ3) is 2.44. The zero-order chi connectivity index (χ0) is 11.8. The molecule has 0 atom stereocenters. The summed E-state index contributed by atoms with van der Waals surface area (Å²) in [6.45, 7) is 0. The van der Waals surface area contributed by atoms with Crippen LogP contribution < -0.4 is 0 Å². The zero-order valence-corrected chi connectivity index (χ0v) is 7.59. The Balaban J connectivity index is 3.32. The van der Waals surface area contributed by atoms with Gasteiger partial charge in [-0.15, -0.1) is 0 Å². The minimum atomic E-state index is -5.27. The molecule has 1 aromatic rings. The minimum Gasteiger partial charge on any atom is -0.284 e. The lowest BCUT2D eigenvalue weighted by molar-refractivity contribution is -0.0887. The summed E-state index contributed by atoms with van der Waals surface area (Å²) in [5.41, 5.74) is -1.42. The molecule has 0 saturated carbocycles. The highest BCUT2D eigenvalue weighted by Gasteiger charge is 2.41. The molecule has 0 amide bonds. The summed E-state index contributed by atoms with van der Waals surface area (Å²) in [6, 6.07) is 0.903. The molecule has 0 spiro atoms. The van der Waals surface area contributed by atoms with Crippen LogP contribution in [0.4, 0.5) is 22.0 Å². The zero-order valence-electron chi connectivity index (χ0n) is 6.83. The summed E-state index contributed by atoms with van der Waals surface area (Å²) < 4.78 is 61.1. The van der Waals surface area contributed by atoms with E-state index in [1.165, 1.54) is 0 Å². The fraction of sp³-hybridized carbons (Fsp3) is 0.125. The van der Waals surface area contributed by atoms with Crippen LogP contribution in [0.5, 0.6) is 0 Å². The molecule has 0 N–H and O–H groups in total. The highest BCUT2D eigenvalue weighted by atomic mass is 35.5. The first kappa shape index (κ1) is 11.9. The van der Waals surface area contributed by atoms with E-state index in [0.717, 1.165) is 0 Å². The molecule has 15 heavy (non-hydrogen) atoms. The molecule has 0 saturated heterocycles. The average Bonchev–Trinajstić information content (AvgIpc) is 2.08. The van der Waals surface area contributed by atoms with E-state index in [-0.39, 0.29) is 0 Å². The van der Waals surface area contributed by atoms with Crippen LogP contribution in [-0.2, 0) is 0 Å². The van der Waals surface area contributed by atoms with Gasteiger partial charge in [0.15, 0.2) is 11.6 Å². The standard InChI is InChI=1S/C8H2ClF5O/c9-3-1-4(6(11)5(10)2-3)7(15)8(12,13)14/h1-2H. The summed E-state index contributed by atoms with van der Waals surface area (Å²) >= 11 is 5.19. The van der Waals surface area contributed by atoms with Crippen LogP contribution in [0.2, 0.25) is 5.02 Å². The third-order valence-electron chi connectivity index (χ3n) is 1.50. The Morgan fingerprint density at radius 2 is 1.73 bits per heavy atom. The molecule has 0 aliphatic rings. The van der Waals surface area contributed by atoms with Gasteiger partial charge in [-0.1, -0.05) is 11.6 Å². The molecular weight excluding hydrogens is 243 g/mol. The number of ketones is 1. The first-order valence-corrected chi connectivity index (χ1v) is 3.87. The maximum absolute atomic E-state index is 12.8. The van der Waals surface area contributed by atoms with Crippen molar-refractivity contribution in [3.63, 3.8) is 0 Å². The number of carbonyl (C=O) groups is 1. The fourth-order valence-corrected chi connectivity index (χ4v) is 1.08. The van der Waals surface area contributed by atoms with Crippen molar-refractivity contribution in [1.82, 2.24) is 0 Å². The summed E-state index contributed by atoms with van der Waals surface area (Å²) in [5.74, 6) is -5.93. The van der Waals surface area contributed by atoms with Crippen LogP contribution in [0.3, 0.4) is 0 Å². The first-order chi connectivity index (χ1) is 6.73. The van der Waals surface area contributed by atoms with Gasteiger partial charge in [0, 0.05) is 5.02 Å². The molecular formula is C8H2ClF5O. The number of hydrogen-bond acceptors (Lipinski definition) is 1. The van der Waals surface area contributed by atoms with E-state index in [1.807, 2.05) is 0 Å². The number of Topliss-reactive ketones (excluding diaryl/α,β-unsaturated/α-hetero) is 1. The molecule has 0 aliphatic carbocycles. The Labute approximate surface area is 85.5 Å². The Morgan fingerprint density at radius 3 is 2.20 bits per heavy atom. The van der Waals surface area contributed by atoms with Crippen LogP contribution >= 0.6 is 11.6 Å². The normalized spacial score (nSPS) is 11.6. The predicted molar refractivity (Wildman–Crippen MR) is 41.8 cm³/mol. The van der Waals surface area contributed by atoms with Crippen molar-refractivity contribution in [2.75, 3.05) is 0 Å².